The van der Waals surface area contributed by atoms with E-state index in [0.29, 0.717) is 6.54 Å². The van der Waals surface area contributed by atoms with Gasteiger partial charge in [-0.15, -0.1) is 0 Å². The van der Waals surface area contributed by atoms with Crippen LogP contribution in [-0.2, 0) is 17.6 Å². The van der Waals surface area contributed by atoms with Gasteiger partial charge in [0.25, 0.3) is 5.91 Å². The van der Waals surface area contributed by atoms with Crippen LogP contribution in [0.1, 0.15) is 62.3 Å². The van der Waals surface area contributed by atoms with Crippen molar-refractivity contribution in [3.05, 3.63) is 46.7 Å². The molecule has 0 radical (unpaired) electrons. The Morgan fingerprint density at radius 3 is 2.79 bits per heavy atom. The standard InChI is InChI=1S/C20H27N3O/c1-3-4-11-22-20(24)19(13-21)14-23-15(2)17-10-9-16-7-5-6-8-18(16)12-17/h9-10,12,14-15,23H,3-8,11H2,1-2H3,(H,22,24)/b19-14-. The first-order chi connectivity index (χ1) is 11.7. The Bertz CT molecular complexity index is 643. The summed E-state index contributed by atoms with van der Waals surface area (Å²) >= 11 is 0. The van der Waals surface area contributed by atoms with Crippen molar-refractivity contribution in [3.8, 4) is 6.07 Å². The average molecular weight is 325 g/mol. The highest BCUT2D eigenvalue weighted by Crippen LogP contribution is 2.24. The van der Waals surface area contributed by atoms with Gasteiger partial charge in [-0.1, -0.05) is 31.5 Å². The van der Waals surface area contributed by atoms with Crippen molar-refractivity contribution in [2.75, 3.05) is 6.54 Å². The summed E-state index contributed by atoms with van der Waals surface area (Å²) in [6.45, 7) is 4.72. The van der Waals surface area contributed by atoms with Crippen LogP contribution in [0.25, 0.3) is 0 Å². The number of carbonyl (C=O) groups is 1. The molecule has 0 spiro atoms. The number of nitrogens with zero attached hydrogens (tertiary/aromatic N) is 1. The van der Waals surface area contributed by atoms with Gasteiger partial charge in [0.1, 0.15) is 11.6 Å². The van der Waals surface area contributed by atoms with Crippen LogP contribution in [0.15, 0.2) is 30.0 Å². The zero-order valence-electron chi connectivity index (χ0n) is 14.7. The number of amides is 1. The van der Waals surface area contributed by atoms with Crippen LogP contribution in [0, 0.1) is 11.3 Å². The molecule has 0 bridgehead atoms. The van der Waals surface area contributed by atoms with Crippen molar-refractivity contribution in [2.45, 2.75) is 58.4 Å². The molecule has 1 aromatic rings. The first kappa shape index (κ1) is 18.1. The average Bonchev–Trinajstić information content (AvgIpc) is 2.61. The zero-order valence-corrected chi connectivity index (χ0v) is 14.7. The van der Waals surface area contributed by atoms with Crippen molar-refractivity contribution < 1.29 is 4.79 Å². The van der Waals surface area contributed by atoms with Crippen molar-refractivity contribution in [2.24, 2.45) is 0 Å². The third-order valence-corrected chi connectivity index (χ3v) is 4.53. The van der Waals surface area contributed by atoms with E-state index >= 15 is 0 Å². The minimum atomic E-state index is -0.309. The third kappa shape index (κ3) is 4.86. The summed E-state index contributed by atoms with van der Waals surface area (Å²) in [6.07, 6.45) is 8.33. The molecule has 2 rings (SSSR count). The van der Waals surface area contributed by atoms with Gasteiger partial charge < -0.3 is 10.6 Å². The molecule has 1 aliphatic rings. The fraction of sp³-hybridized carbons (Fsp3) is 0.500. The Morgan fingerprint density at radius 1 is 1.33 bits per heavy atom. The Labute approximate surface area is 144 Å². The number of hydrogen-bond donors (Lipinski definition) is 2. The molecule has 1 amide bonds. The van der Waals surface area contributed by atoms with E-state index in [4.69, 9.17) is 0 Å². The largest absolute Gasteiger partial charge is 0.383 e. The normalized spacial score (nSPS) is 15.1. The first-order valence-electron chi connectivity index (χ1n) is 8.92. The van der Waals surface area contributed by atoms with E-state index in [1.165, 1.54) is 42.2 Å². The van der Waals surface area contributed by atoms with Gasteiger partial charge in [0.2, 0.25) is 0 Å². The molecule has 0 saturated carbocycles. The lowest BCUT2D eigenvalue weighted by Crippen LogP contribution is -2.27. The van der Waals surface area contributed by atoms with Crippen LogP contribution >= 0.6 is 0 Å². The molecule has 1 aliphatic carbocycles. The number of rotatable bonds is 7. The van der Waals surface area contributed by atoms with E-state index in [0.717, 1.165) is 19.3 Å². The maximum absolute atomic E-state index is 11.9. The fourth-order valence-electron chi connectivity index (χ4n) is 2.95. The van der Waals surface area contributed by atoms with E-state index in [-0.39, 0.29) is 17.5 Å². The Balaban J connectivity index is 1.98. The van der Waals surface area contributed by atoms with Crippen molar-refractivity contribution >= 4 is 5.91 Å². The second-order valence-electron chi connectivity index (χ2n) is 6.40. The molecule has 0 saturated heterocycles. The van der Waals surface area contributed by atoms with Crippen LogP contribution in [0.2, 0.25) is 0 Å². The Morgan fingerprint density at radius 2 is 2.08 bits per heavy atom. The van der Waals surface area contributed by atoms with Crippen LogP contribution in [0.4, 0.5) is 0 Å². The number of fused-ring (bicyclic) bond motifs is 1. The van der Waals surface area contributed by atoms with Gasteiger partial charge in [0.05, 0.1) is 0 Å². The van der Waals surface area contributed by atoms with Crippen molar-refractivity contribution in [1.82, 2.24) is 10.6 Å². The van der Waals surface area contributed by atoms with E-state index < -0.39 is 0 Å². The van der Waals surface area contributed by atoms with Gasteiger partial charge in [-0.05, 0) is 55.7 Å². The fourth-order valence-corrected chi connectivity index (χ4v) is 2.95. The topological polar surface area (TPSA) is 64.9 Å². The summed E-state index contributed by atoms with van der Waals surface area (Å²) in [5.41, 5.74) is 4.21. The van der Waals surface area contributed by atoms with Gasteiger partial charge in [0.15, 0.2) is 0 Å². The molecule has 4 nitrogen and oxygen atoms in total. The summed E-state index contributed by atoms with van der Waals surface area (Å²) in [7, 11) is 0. The van der Waals surface area contributed by atoms with Crippen LogP contribution < -0.4 is 10.6 Å². The molecule has 0 heterocycles. The molecule has 2 N–H and O–H groups in total. The second-order valence-corrected chi connectivity index (χ2v) is 6.40. The molecule has 4 heteroatoms. The number of unbranched alkanes of at least 4 members (excludes halogenated alkanes) is 1. The quantitative estimate of drug-likeness (QED) is 0.458. The minimum Gasteiger partial charge on any atom is -0.383 e. The molecule has 128 valence electrons. The van der Waals surface area contributed by atoms with Crippen molar-refractivity contribution in [1.29, 1.82) is 5.26 Å². The molecule has 1 aromatic carbocycles. The molecular weight excluding hydrogens is 298 g/mol. The molecule has 0 fully saturated rings. The number of nitrogens with one attached hydrogen (secondary N) is 2. The summed E-state index contributed by atoms with van der Waals surface area (Å²) in [5, 5.41) is 15.1. The maximum Gasteiger partial charge on any atom is 0.263 e. The predicted molar refractivity (Wildman–Crippen MR) is 96.2 cm³/mol. The molecule has 24 heavy (non-hydrogen) atoms. The van der Waals surface area contributed by atoms with Gasteiger partial charge in [0, 0.05) is 18.8 Å². The smallest absolute Gasteiger partial charge is 0.263 e. The lowest BCUT2D eigenvalue weighted by atomic mass is 9.89. The van der Waals surface area contributed by atoms with E-state index in [9.17, 15) is 10.1 Å². The number of hydrogen-bond acceptors (Lipinski definition) is 3. The monoisotopic (exact) mass is 325 g/mol. The minimum absolute atomic E-state index is 0.0593. The molecule has 1 unspecified atom stereocenters. The molecule has 0 aromatic heterocycles. The Hall–Kier alpha value is -2.28. The summed E-state index contributed by atoms with van der Waals surface area (Å²) in [6, 6.07) is 8.65. The summed E-state index contributed by atoms with van der Waals surface area (Å²) < 4.78 is 0. The Kier molecular flexibility index (Phi) is 6.87. The van der Waals surface area contributed by atoms with E-state index in [2.05, 4.69) is 35.8 Å². The second kappa shape index (κ2) is 9.12. The molecular formula is C20H27N3O. The van der Waals surface area contributed by atoms with Gasteiger partial charge in [-0.2, -0.15) is 5.26 Å². The maximum atomic E-state index is 11.9. The highest BCUT2D eigenvalue weighted by molar-refractivity contribution is 5.97. The van der Waals surface area contributed by atoms with Gasteiger partial charge in [-0.25, -0.2) is 0 Å². The van der Waals surface area contributed by atoms with Gasteiger partial charge in [-0.3, -0.25) is 4.79 Å². The summed E-state index contributed by atoms with van der Waals surface area (Å²) in [5.74, 6) is -0.309. The predicted octanol–water partition coefficient (Wildman–Crippen LogP) is 3.54. The lowest BCUT2D eigenvalue weighted by Gasteiger charge is -2.19. The van der Waals surface area contributed by atoms with Crippen LogP contribution in [0.3, 0.4) is 0 Å². The first-order valence-corrected chi connectivity index (χ1v) is 8.92. The van der Waals surface area contributed by atoms with Crippen LogP contribution in [0.5, 0.6) is 0 Å². The van der Waals surface area contributed by atoms with E-state index in [1.807, 2.05) is 13.0 Å². The molecule has 1 atom stereocenters. The highest BCUT2D eigenvalue weighted by atomic mass is 16.1. The SMILES string of the molecule is CCCCNC(=O)/C(C#N)=C\NC(C)c1ccc2c(c1)CCCC2. The number of aryl methyl sites for hydroxylation is 2. The number of benzene rings is 1. The molecule has 0 aliphatic heterocycles. The summed E-state index contributed by atoms with van der Waals surface area (Å²) in [4.78, 5) is 11.9. The zero-order chi connectivity index (χ0) is 17.4. The number of carbonyl (C=O) groups excluding carboxylic acids is 1. The van der Waals surface area contributed by atoms with E-state index in [1.54, 1.807) is 0 Å². The van der Waals surface area contributed by atoms with Gasteiger partial charge >= 0.3 is 0 Å². The third-order valence-electron chi connectivity index (χ3n) is 4.53. The number of nitriles is 1. The van der Waals surface area contributed by atoms with Crippen LogP contribution in [-0.4, -0.2) is 12.5 Å². The lowest BCUT2D eigenvalue weighted by molar-refractivity contribution is -0.117. The van der Waals surface area contributed by atoms with Crippen molar-refractivity contribution in [3.63, 3.8) is 0 Å². The highest BCUT2D eigenvalue weighted by Gasteiger charge is 2.13.